The molecule has 0 aromatic carbocycles. The first-order chi connectivity index (χ1) is 9.24. The van der Waals surface area contributed by atoms with E-state index in [4.69, 9.17) is 15.9 Å². The summed E-state index contributed by atoms with van der Waals surface area (Å²) in [6.07, 6.45) is 0. The molecule has 9 heteroatoms. The van der Waals surface area contributed by atoms with Crippen LogP contribution in [0.1, 0.15) is 13.8 Å². The van der Waals surface area contributed by atoms with Gasteiger partial charge >= 0.3 is 5.97 Å². The standard InChI is InChI=1S/C11H21N3O5S/c1-5(2)8(11(18)19)14-10(17)7(3-15)13-9(16)6(12)4-20/h5-8,15,20H,3-4,12H2,1-2H3,(H,13,16)(H,14,17)(H,18,19). The van der Waals surface area contributed by atoms with Crippen LogP contribution >= 0.6 is 12.6 Å². The van der Waals surface area contributed by atoms with Crippen LogP contribution in [0.5, 0.6) is 0 Å². The maximum absolute atomic E-state index is 11.8. The average Bonchev–Trinajstić information content (AvgIpc) is 2.39. The third-order valence-electron chi connectivity index (χ3n) is 2.58. The first-order valence-electron chi connectivity index (χ1n) is 6.05. The summed E-state index contributed by atoms with van der Waals surface area (Å²) in [6.45, 7) is 2.59. The molecule has 0 aromatic heterocycles. The second-order valence-electron chi connectivity index (χ2n) is 4.60. The van der Waals surface area contributed by atoms with E-state index >= 15 is 0 Å². The van der Waals surface area contributed by atoms with Gasteiger partial charge in [0, 0.05) is 5.75 Å². The molecule has 20 heavy (non-hydrogen) atoms. The number of thiol groups is 1. The maximum Gasteiger partial charge on any atom is 0.326 e. The molecule has 6 N–H and O–H groups in total. The molecule has 116 valence electrons. The minimum absolute atomic E-state index is 0.0787. The summed E-state index contributed by atoms with van der Waals surface area (Å²) in [5, 5.41) is 22.6. The largest absolute Gasteiger partial charge is 0.480 e. The van der Waals surface area contributed by atoms with Crippen molar-refractivity contribution in [2.75, 3.05) is 12.4 Å². The van der Waals surface area contributed by atoms with E-state index in [2.05, 4.69) is 23.3 Å². The zero-order valence-electron chi connectivity index (χ0n) is 11.4. The number of aliphatic carboxylic acids is 1. The molecule has 0 aromatic rings. The SMILES string of the molecule is CC(C)C(NC(=O)C(CO)NC(=O)C(N)CS)C(=O)O. The number of hydrogen-bond acceptors (Lipinski definition) is 6. The van der Waals surface area contributed by atoms with Crippen molar-refractivity contribution in [1.29, 1.82) is 0 Å². The van der Waals surface area contributed by atoms with Crippen molar-refractivity contribution < 1.29 is 24.6 Å². The van der Waals surface area contributed by atoms with Crippen molar-refractivity contribution in [1.82, 2.24) is 10.6 Å². The highest BCUT2D eigenvalue weighted by atomic mass is 32.1. The Labute approximate surface area is 122 Å². The van der Waals surface area contributed by atoms with E-state index in [0.717, 1.165) is 0 Å². The number of rotatable bonds is 8. The van der Waals surface area contributed by atoms with Gasteiger partial charge in [0.05, 0.1) is 12.6 Å². The van der Waals surface area contributed by atoms with Gasteiger partial charge < -0.3 is 26.6 Å². The topological polar surface area (TPSA) is 142 Å². The smallest absolute Gasteiger partial charge is 0.326 e. The van der Waals surface area contributed by atoms with Crippen molar-refractivity contribution >= 4 is 30.4 Å². The number of carbonyl (C=O) groups is 3. The molecule has 2 amide bonds. The monoisotopic (exact) mass is 307 g/mol. The molecule has 0 bridgehead atoms. The molecule has 0 saturated carbocycles. The highest BCUT2D eigenvalue weighted by Crippen LogP contribution is 2.02. The lowest BCUT2D eigenvalue weighted by Crippen LogP contribution is -2.56. The van der Waals surface area contributed by atoms with E-state index in [1.54, 1.807) is 13.8 Å². The van der Waals surface area contributed by atoms with Crippen LogP contribution in [0.15, 0.2) is 0 Å². The second kappa shape index (κ2) is 8.77. The van der Waals surface area contributed by atoms with Gasteiger partial charge in [0.1, 0.15) is 12.1 Å². The molecule has 0 fully saturated rings. The summed E-state index contributed by atoms with van der Waals surface area (Å²) in [7, 11) is 0. The van der Waals surface area contributed by atoms with Crippen LogP contribution in [0.2, 0.25) is 0 Å². The van der Waals surface area contributed by atoms with Crippen molar-refractivity contribution in [3.8, 4) is 0 Å². The Bertz CT molecular complexity index is 364. The van der Waals surface area contributed by atoms with Gasteiger partial charge in [-0.25, -0.2) is 4.79 Å². The zero-order chi connectivity index (χ0) is 15.9. The molecular weight excluding hydrogens is 286 g/mol. The molecule has 3 unspecified atom stereocenters. The van der Waals surface area contributed by atoms with Crippen LogP contribution in [-0.2, 0) is 14.4 Å². The maximum atomic E-state index is 11.8. The number of aliphatic hydroxyl groups excluding tert-OH is 1. The van der Waals surface area contributed by atoms with E-state index in [0.29, 0.717) is 0 Å². The van der Waals surface area contributed by atoms with Gasteiger partial charge in [0.25, 0.3) is 0 Å². The van der Waals surface area contributed by atoms with Crippen molar-refractivity contribution in [2.45, 2.75) is 32.0 Å². The van der Waals surface area contributed by atoms with Crippen LogP contribution in [0.25, 0.3) is 0 Å². The van der Waals surface area contributed by atoms with Crippen molar-refractivity contribution in [3.63, 3.8) is 0 Å². The molecule has 0 saturated heterocycles. The Balaban J connectivity index is 4.70. The van der Waals surface area contributed by atoms with Gasteiger partial charge in [-0.2, -0.15) is 12.6 Å². The van der Waals surface area contributed by atoms with E-state index in [9.17, 15) is 14.4 Å². The summed E-state index contributed by atoms with van der Waals surface area (Å²) < 4.78 is 0. The quantitative estimate of drug-likeness (QED) is 0.285. The molecule has 0 spiro atoms. The molecule has 0 rings (SSSR count). The summed E-state index contributed by atoms with van der Waals surface area (Å²) in [5.41, 5.74) is 5.42. The Morgan fingerprint density at radius 1 is 1.20 bits per heavy atom. The van der Waals surface area contributed by atoms with Crippen LogP contribution < -0.4 is 16.4 Å². The molecule has 3 atom stereocenters. The van der Waals surface area contributed by atoms with Crippen LogP contribution in [0.4, 0.5) is 0 Å². The van der Waals surface area contributed by atoms with Gasteiger partial charge in [-0.1, -0.05) is 13.8 Å². The molecule has 0 aliphatic rings. The fourth-order valence-electron chi connectivity index (χ4n) is 1.32. The van der Waals surface area contributed by atoms with Gasteiger partial charge in [-0.15, -0.1) is 0 Å². The molecule has 8 nitrogen and oxygen atoms in total. The fraction of sp³-hybridized carbons (Fsp3) is 0.727. The second-order valence-corrected chi connectivity index (χ2v) is 4.97. The number of nitrogens with two attached hydrogens (primary N) is 1. The van der Waals surface area contributed by atoms with Gasteiger partial charge in [-0.3, -0.25) is 9.59 Å². The van der Waals surface area contributed by atoms with E-state index in [1.165, 1.54) is 0 Å². The predicted molar refractivity (Wildman–Crippen MR) is 75.2 cm³/mol. The molecule has 0 radical (unpaired) electrons. The Hall–Kier alpha value is -1.32. The van der Waals surface area contributed by atoms with Gasteiger partial charge in [-0.05, 0) is 5.92 Å². The lowest BCUT2D eigenvalue weighted by atomic mass is 10.0. The number of nitrogens with one attached hydrogen (secondary N) is 2. The van der Waals surface area contributed by atoms with Crippen LogP contribution in [0.3, 0.4) is 0 Å². The third-order valence-corrected chi connectivity index (χ3v) is 2.97. The highest BCUT2D eigenvalue weighted by molar-refractivity contribution is 7.80. The van der Waals surface area contributed by atoms with E-state index in [1.807, 2.05) is 0 Å². The average molecular weight is 307 g/mol. The lowest BCUT2D eigenvalue weighted by Gasteiger charge is -2.22. The van der Waals surface area contributed by atoms with Gasteiger partial charge in [0.15, 0.2) is 0 Å². The minimum atomic E-state index is -1.26. The van der Waals surface area contributed by atoms with Crippen LogP contribution in [0, 0.1) is 5.92 Å². The summed E-state index contributed by atoms with van der Waals surface area (Å²) in [6, 6.07) is -3.28. The number of carbonyl (C=O) groups excluding carboxylic acids is 2. The molecule has 0 aliphatic heterocycles. The highest BCUT2D eigenvalue weighted by Gasteiger charge is 2.28. The number of carboxylic acid groups (broad SMARTS) is 1. The number of hydrogen-bond donors (Lipinski definition) is 6. The van der Waals surface area contributed by atoms with Crippen molar-refractivity contribution in [3.05, 3.63) is 0 Å². The first-order valence-corrected chi connectivity index (χ1v) is 6.68. The Kier molecular flexibility index (Phi) is 8.19. The van der Waals surface area contributed by atoms with Gasteiger partial charge in [0.2, 0.25) is 11.8 Å². The Morgan fingerprint density at radius 2 is 1.75 bits per heavy atom. The third kappa shape index (κ3) is 5.76. The summed E-state index contributed by atoms with van der Waals surface area (Å²) in [5.74, 6) is -2.89. The first kappa shape index (κ1) is 18.7. The molecule has 0 heterocycles. The normalized spacial score (nSPS) is 15.3. The summed E-state index contributed by atoms with van der Waals surface area (Å²) >= 11 is 3.84. The van der Waals surface area contributed by atoms with Crippen molar-refractivity contribution in [2.24, 2.45) is 11.7 Å². The molecular formula is C11H21N3O5S. The van der Waals surface area contributed by atoms with Crippen LogP contribution in [-0.4, -0.2) is 58.5 Å². The Morgan fingerprint density at radius 3 is 2.10 bits per heavy atom. The van der Waals surface area contributed by atoms with E-state index in [-0.39, 0.29) is 11.7 Å². The zero-order valence-corrected chi connectivity index (χ0v) is 12.3. The number of carboxylic acids is 1. The summed E-state index contributed by atoms with van der Waals surface area (Å²) in [4.78, 5) is 34.3. The predicted octanol–water partition coefficient (Wildman–Crippen LogP) is -2.05. The molecule has 0 aliphatic carbocycles. The number of amides is 2. The number of aliphatic hydroxyl groups is 1. The fourth-order valence-corrected chi connectivity index (χ4v) is 1.49. The van der Waals surface area contributed by atoms with E-state index < -0.39 is 42.5 Å². The lowest BCUT2D eigenvalue weighted by molar-refractivity contribution is -0.143. The minimum Gasteiger partial charge on any atom is -0.480 e.